The van der Waals surface area contributed by atoms with Gasteiger partial charge in [0.05, 0.1) is 16.1 Å². The molecule has 2 rings (SSSR count). The largest absolute Gasteiger partial charge is 0.392 e. The molecule has 1 nitrogen and oxygen atoms in total. The van der Waals surface area contributed by atoms with Gasteiger partial charge in [0, 0.05) is 17.4 Å². The van der Waals surface area contributed by atoms with Gasteiger partial charge in [0.15, 0.2) is 0 Å². The van der Waals surface area contributed by atoms with Crippen molar-refractivity contribution in [3.8, 4) is 0 Å². The van der Waals surface area contributed by atoms with Crippen molar-refractivity contribution < 1.29 is 5.11 Å². The predicted octanol–water partition coefficient (Wildman–Crippen LogP) is 4.57. The highest BCUT2D eigenvalue weighted by atomic mass is 35.5. The molecule has 1 fully saturated rings. The zero-order valence-corrected chi connectivity index (χ0v) is 12.6. The van der Waals surface area contributed by atoms with E-state index in [1.54, 1.807) is 6.07 Å². The van der Waals surface area contributed by atoms with Gasteiger partial charge in [-0.25, -0.2) is 0 Å². The van der Waals surface area contributed by atoms with Crippen molar-refractivity contribution in [1.29, 1.82) is 0 Å². The van der Waals surface area contributed by atoms with Crippen LogP contribution in [0.5, 0.6) is 0 Å². The molecule has 0 bridgehead atoms. The zero-order chi connectivity index (χ0) is 13.0. The van der Waals surface area contributed by atoms with Gasteiger partial charge in [-0.1, -0.05) is 48.2 Å². The summed E-state index contributed by atoms with van der Waals surface area (Å²) in [4.78, 5) is 0. The molecule has 1 aromatic carbocycles. The maximum absolute atomic E-state index is 10.1. The maximum Gasteiger partial charge on any atom is 0.0671 e. The molecule has 0 aromatic heterocycles. The molecule has 1 aromatic rings. The SMILES string of the molecule is OC(CSC1CCCC1)Cc1cccc(Cl)c1Cl. The second kappa shape index (κ2) is 7.04. The lowest BCUT2D eigenvalue weighted by atomic mass is 10.1. The Hall–Kier alpha value is 0.110. The van der Waals surface area contributed by atoms with Crippen LogP contribution in [0.15, 0.2) is 18.2 Å². The lowest BCUT2D eigenvalue weighted by Gasteiger charge is -2.14. The summed E-state index contributed by atoms with van der Waals surface area (Å²) in [7, 11) is 0. The van der Waals surface area contributed by atoms with E-state index in [1.807, 2.05) is 23.9 Å². The minimum absolute atomic E-state index is 0.341. The molecule has 1 atom stereocenters. The number of hydrogen-bond donors (Lipinski definition) is 1. The number of aliphatic hydroxyl groups is 1. The molecule has 1 unspecified atom stereocenters. The first-order chi connectivity index (χ1) is 8.66. The van der Waals surface area contributed by atoms with Crippen LogP contribution >= 0.6 is 35.0 Å². The van der Waals surface area contributed by atoms with E-state index in [0.29, 0.717) is 16.5 Å². The molecular weight excluding hydrogens is 287 g/mol. The number of hydrogen-bond acceptors (Lipinski definition) is 2. The quantitative estimate of drug-likeness (QED) is 0.859. The predicted molar refractivity (Wildman–Crippen MR) is 80.9 cm³/mol. The van der Waals surface area contributed by atoms with Crippen molar-refractivity contribution in [3.63, 3.8) is 0 Å². The fraction of sp³-hybridized carbons (Fsp3) is 0.571. The van der Waals surface area contributed by atoms with Crippen LogP contribution in [-0.4, -0.2) is 22.2 Å². The molecule has 100 valence electrons. The normalized spacial score (nSPS) is 18.2. The summed E-state index contributed by atoms with van der Waals surface area (Å²) in [5, 5.41) is 11.9. The van der Waals surface area contributed by atoms with Crippen LogP contribution in [0.25, 0.3) is 0 Å². The summed E-state index contributed by atoms with van der Waals surface area (Å²) in [6.07, 6.45) is 5.53. The number of thioether (sulfide) groups is 1. The van der Waals surface area contributed by atoms with Gasteiger partial charge in [0.2, 0.25) is 0 Å². The fourth-order valence-electron chi connectivity index (χ4n) is 2.32. The Morgan fingerprint density at radius 1 is 1.28 bits per heavy atom. The Kier molecular flexibility index (Phi) is 5.68. The zero-order valence-electron chi connectivity index (χ0n) is 10.2. The second-order valence-corrected chi connectivity index (χ2v) is 6.93. The first-order valence-corrected chi connectivity index (χ1v) is 8.20. The van der Waals surface area contributed by atoms with Crippen LogP contribution in [-0.2, 0) is 6.42 Å². The number of aliphatic hydroxyl groups excluding tert-OH is 1. The van der Waals surface area contributed by atoms with Crippen LogP contribution in [0, 0.1) is 0 Å². The summed E-state index contributed by atoms with van der Waals surface area (Å²) in [6, 6.07) is 5.57. The van der Waals surface area contributed by atoms with Crippen molar-refractivity contribution >= 4 is 35.0 Å². The van der Waals surface area contributed by atoms with E-state index in [4.69, 9.17) is 23.2 Å². The van der Waals surface area contributed by atoms with Gasteiger partial charge in [-0.05, 0) is 24.5 Å². The molecule has 18 heavy (non-hydrogen) atoms. The molecule has 0 heterocycles. The molecule has 0 spiro atoms. The van der Waals surface area contributed by atoms with Crippen molar-refractivity contribution in [1.82, 2.24) is 0 Å². The lowest BCUT2D eigenvalue weighted by molar-refractivity contribution is 0.200. The van der Waals surface area contributed by atoms with E-state index in [1.165, 1.54) is 25.7 Å². The van der Waals surface area contributed by atoms with Crippen LogP contribution < -0.4 is 0 Å². The molecule has 1 N–H and O–H groups in total. The van der Waals surface area contributed by atoms with Gasteiger partial charge in [0.1, 0.15) is 0 Å². The van der Waals surface area contributed by atoms with Crippen LogP contribution in [0.4, 0.5) is 0 Å². The first-order valence-electron chi connectivity index (χ1n) is 6.39. The molecule has 1 saturated carbocycles. The Bertz CT molecular complexity index is 391. The van der Waals surface area contributed by atoms with E-state index >= 15 is 0 Å². The van der Waals surface area contributed by atoms with Gasteiger partial charge >= 0.3 is 0 Å². The number of halogens is 2. The molecule has 1 aliphatic carbocycles. The van der Waals surface area contributed by atoms with Gasteiger partial charge in [-0.2, -0.15) is 11.8 Å². The highest BCUT2D eigenvalue weighted by Crippen LogP contribution is 2.31. The van der Waals surface area contributed by atoms with E-state index in [-0.39, 0.29) is 6.10 Å². The van der Waals surface area contributed by atoms with Gasteiger partial charge in [-0.3, -0.25) is 0 Å². The third kappa shape index (κ3) is 4.06. The fourth-order valence-corrected chi connectivity index (χ4v) is 4.00. The highest BCUT2D eigenvalue weighted by molar-refractivity contribution is 7.99. The number of benzene rings is 1. The van der Waals surface area contributed by atoms with Gasteiger partial charge < -0.3 is 5.11 Å². The summed E-state index contributed by atoms with van der Waals surface area (Å²) < 4.78 is 0. The highest BCUT2D eigenvalue weighted by Gasteiger charge is 2.17. The molecule has 0 aliphatic heterocycles. The third-order valence-corrected chi connectivity index (χ3v) is 5.69. The van der Waals surface area contributed by atoms with Crippen LogP contribution in [0.1, 0.15) is 31.2 Å². The molecular formula is C14H18Cl2OS. The van der Waals surface area contributed by atoms with E-state index in [0.717, 1.165) is 16.6 Å². The smallest absolute Gasteiger partial charge is 0.0671 e. The monoisotopic (exact) mass is 304 g/mol. The minimum Gasteiger partial charge on any atom is -0.392 e. The van der Waals surface area contributed by atoms with Crippen molar-refractivity contribution in [2.75, 3.05) is 5.75 Å². The average molecular weight is 305 g/mol. The standard InChI is InChI=1S/C14H18Cl2OS/c15-13-7-3-4-10(14(13)16)8-11(17)9-18-12-5-1-2-6-12/h3-4,7,11-12,17H,1-2,5-6,8-9H2. The average Bonchev–Trinajstić information content (AvgIpc) is 2.86. The van der Waals surface area contributed by atoms with Crippen LogP contribution in [0.3, 0.4) is 0 Å². The number of rotatable bonds is 5. The van der Waals surface area contributed by atoms with E-state index in [2.05, 4.69) is 0 Å². The summed E-state index contributed by atoms with van der Waals surface area (Å²) in [6.45, 7) is 0. The van der Waals surface area contributed by atoms with Crippen molar-refractivity contribution in [2.24, 2.45) is 0 Å². The molecule has 0 radical (unpaired) electrons. The Balaban J connectivity index is 1.82. The molecule has 0 saturated heterocycles. The summed E-state index contributed by atoms with van der Waals surface area (Å²) >= 11 is 14.0. The molecule has 0 amide bonds. The van der Waals surface area contributed by atoms with Gasteiger partial charge in [-0.15, -0.1) is 0 Å². The van der Waals surface area contributed by atoms with E-state index in [9.17, 15) is 5.11 Å². The Morgan fingerprint density at radius 3 is 2.72 bits per heavy atom. The van der Waals surface area contributed by atoms with Crippen LogP contribution in [0.2, 0.25) is 10.0 Å². The van der Waals surface area contributed by atoms with Crippen molar-refractivity contribution in [3.05, 3.63) is 33.8 Å². The first kappa shape index (κ1) is 14.5. The van der Waals surface area contributed by atoms with Gasteiger partial charge in [0.25, 0.3) is 0 Å². The summed E-state index contributed by atoms with van der Waals surface area (Å²) in [5.74, 6) is 0.785. The molecule has 1 aliphatic rings. The summed E-state index contributed by atoms with van der Waals surface area (Å²) in [5.41, 5.74) is 0.934. The third-order valence-electron chi connectivity index (χ3n) is 3.31. The topological polar surface area (TPSA) is 20.2 Å². The Morgan fingerprint density at radius 2 is 2.00 bits per heavy atom. The second-order valence-electron chi connectivity index (χ2n) is 4.81. The lowest BCUT2D eigenvalue weighted by Crippen LogP contribution is -2.15. The maximum atomic E-state index is 10.1. The minimum atomic E-state index is -0.341. The van der Waals surface area contributed by atoms with Crippen molar-refractivity contribution in [2.45, 2.75) is 43.5 Å². The Labute approximate surface area is 123 Å². The molecule has 4 heteroatoms. The van der Waals surface area contributed by atoms with E-state index < -0.39 is 0 Å².